The minimum Gasteiger partial charge on any atom is -0.478 e. The summed E-state index contributed by atoms with van der Waals surface area (Å²) in [6.07, 6.45) is 15.7. The summed E-state index contributed by atoms with van der Waals surface area (Å²) in [6, 6.07) is 4.15. The average Bonchev–Trinajstić information content (AvgIpc) is 2.63. The van der Waals surface area contributed by atoms with Gasteiger partial charge in [0.05, 0.1) is 11.1 Å². The number of hydrogen-bond donors (Lipinski definition) is 2. The third-order valence-electron chi connectivity index (χ3n) is 4.05. The Morgan fingerprint density at radius 1 is 0.815 bits per heavy atom. The maximum atomic E-state index is 11.2. The molecule has 7 heteroatoms. The van der Waals surface area contributed by atoms with Crippen LogP contribution in [0.4, 0.5) is 0 Å². The van der Waals surface area contributed by atoms with Crippen LogP contribution < -0.4 is 0 Å². The van der Waals surface area contributed by atoms with E-state index in [9.17, 15) is 9.59 Å². The number of halogens is 1. The zero-order valence-corrected chi connectivity index (χ0v) is 15.4. The molecule has 2 N–H and O–H groups in total. The predicted octanol–water partition coefficient (Wildman–Crippen LogP) is 3.62. The van der Waals surface area contributed by atoms with Crippen molar-refractivity contribution < 1.29 is 19.8 Å². The SMILES string of the molecule is CN1C=CC(=C2C=CN(Cc3cc(C(=O)O)cc(C(=O)O)c3)C=C2)C=C1.Cl. The first-order valence-electron chi connectivity index (χ1n) is 7.98. The highest BCUT2D eigenvalue weighted by atomic mass is 35.5. The van der Waals surface area contributed by atoms with Crippen LogP contribution in [-0.2, 0) is 6.54 Å². The largest absolute Gasteiger partial charge is 0.478 e. The zero-order valence-electron chi connectivity index (χ0n) is 14.6. The predicted molar refractivity (Wildman–Crippen MR) is 105 cm³/mol. The van der Waals surface area contributed by atoms with Crippen molar-refractivity contribution in [1.29, 1.82) is 0 Å². The Balaban J connectivity index is 0.00000261. The first-order chi connectivity index (χ1) is 12.4. The summed E-state index contributed by atoms with van der Waals surface area (Å²) in [4.78, 5) is 26.2. The topological polar surface area (TPSA) is 81.1 Å². The van der Waals surface area contributed by atoms with E-state index in [1.54, 1.807) is 0 Å². The summed E-state index contributed by atoms with van der Waals surface area (Å²) in [6.45, 7) is 0.380. The first-order valence-corrected chi connectivity index (χ1v) is 7.98. The van der Waals surface area contributed by atoms with E-state index in [4.69, 9.17) is 10.2 Å². The number of aromatic carboxylic acids is 2. The Bertz CT molecular complexity index is 848. The van der Waals surface area contributed by atoms with Gasteiger partial charge in [0, 0.05) is 38.4 Å². The standard InChI is InChI=1S/C20H18N2O4.ClH/c1-21-6-2-15(3-7-21)16-4-8-22(9-5-16)13-14-10-17(19(23)24)12-18(11-14)20(25)26;/h2-12H,13H2,1H3,(H,23,24)(H,25,26);1H. The fourth-order valence-corrected chi connectivity index (χ4v) is 2.69. The van der Waals surface area contributed by atoms with Gasteiger partial charge in [-0.05, 0) is 59.2 Å². The van der Waals surface area contributed by atoms with Gasteiger partial charge in [-0.2, -0.15) is 0 Å². The Labute approximate surface area is 163 Å². The highest BCUT2D eigenvalue weighted by Crippen LogP contribution is 2.21. The van der Waals surface area contributed by atoms with Crippen molar-refractivity contribution >= 4 is 24.3 Å². The van der Waals surface area contributed by atoms with E-state index in [2.05, 4.69) is 0 Å². The molecule has 3 rings (SSSR count). The lowest BCUT2D eigenvalue weighted by atomic mass is 10.0. The van der Waals surface area contributed by atoms with E-state index < -0.39 is 11.9 Å². The van der Waals surface area contributed by atoms with Crippen LogP contribution in [0, 0.1) is 0 Å². The molecule has 0 aliphatic carbocycles. The molecule has 0 saturated carbocycles. The van der Waals surface area contributed by atoms with Gasteiger partial charge in [0.25, 0.3) is 0 Å². The molecule has 6 nitrogen and oxygen atoms in total. The molecule has 1 aromatic rings. The lowest BCUT2D eigenvalue weighted by Crippen LogP contribution is -2.13. The average molecular weight is 387 g/mol. The molecule has 0 saturated heterocycles. The first kappa shape index (κ1) is 20.1. The fourth-order valence-electron chi connectivity index (χ4n) is 2.69. The minimum absolute atomic E-state index is 0. The second-order valence-corrected chi connectivity index (χ2v) is 6.04. The van der Waals surface area contributed by atoms with Crippen molar-refractivity contribution in [1.82, 2.24) is 9.80 Å². The van der Waals surface area contributed by atoms with Gasteiger partial charge in [-0.1, -0.05) is 0 Å². The lowest BCUT2D eigenvalue weighted by Gasteiger charge is -2.21. The number of rotatable bonds is 4. The number of benzene rings is 1. The summed E-state index contributed by atoms with van der Waals surface area (Å²) in [5, 5.41) is 18.3. The number of nitrogens with zero attached hydrogens (tertiary/aromatic N) is 2. The molecule has 0 aromatic heterocycles. The van der Waals surface area contributed by atoms with Crippen molar-refractivity contribution in [3.63, 3.8) is 0 Å². The molecule has 1 aromatic carbocycles. The summed E-state index contributed by atoms with van der Waals surface area (Å²) in [7, 11) is 1.96. The highest BCUT2D eigenvalue weighted by Gasteiger charge is 2.13. The Morgan fingerprint density at radius 2 is 1.26 bits per heavy atom. The van der Waals surface area contributed by atoms with Gasteiger partial charge in [-0.3, -0.25) is 0 Å². The lowest BCUT2D eigenvalue weighted by molar-refractivity contribution is 0.0696. The molecule has 0 fully saturated rings. The molecule has 27 heavy (non-hydrogen) atoms. The monoisotopic (exact) mass is 386 g/mol. The van der Waals surface area contributed by atoms with Crippen molar-refractivity contribution in [2.75, 3.05) is 7.05 Å². The van der Waals surface area contributed by atoms with Crippen molar-refractivity contribution in [3.8, 4) is 0 Å². The molecule has 0 unspecified atom stereocenters. The van der Waals surface area contributed by atoms with Gasteiger partial charge < -0.3 is 20.0 Å². The third kappa shape index (κ3) is 4.89. The Kier molecular flexibility index (Phi) is 6.26. The summed E-state index contributed by atoms with van der Waals surface area (Å²) in [5.41, 5.74) is 2.71. The number of carboxylic acid groups (broad SMARTS) is 2. The molecular weight excluding hydrogens is 368 g/mol. The molecular formula is C20H19ClN2O4. The number of carboxylic acids is 2. The molecule has 0 atom stereocenters. The van der Waals surface area contributed by atoms with Crippen LogP contribution in [0.2, 0.25) is 0 Å². The normalized spacial score (nSPS) is 15.1. The minimum atomic E-state index is -1.15. The second kappa shape index (κ2) is 8.42. The van der Waals surface area contributed by atoms with Crippen LogP contribution in [-0.4, -0.2) is 39.0 Å². The quantitative estimate of drug-likeness (QED) is 0.822. The molecule has 0 spiro atoms. The molecule has 2 aliphatic rings. The van der Waals surface area contributed by atoms with Gasteiger partial charge in [-0.25, -0.2) is 9.59 Å². The molecule has 0 radical (unpaired) electrons. The van der Waals surface area contributed by atoms with Crippen LogP contribution in [0.15, 0.2) is 78.4 Å². The van der Waals surface area contributed by atoms with Gasteiger partial charge in [0.15, 0.2) is 0 Å². The van der Waals surface area contributed by atoms with Crippen molar-refractivity contribution in [3.05, 3.63) is 95.1 Å². The maximum Gasteiger partial charge on any atom is 0.335 e. The Morgan fingerprint density at radius 3 is 1.70 bits per heavy atom. The molecule has 0 amide bonds. The molecule has 2 aliphatic heterocycles. The summed E-state index contributed by atoms with van der Waals surface area (Å²) >= 11 is 0. The van der Waals surface area contributed by atoms with Gasteiger partial charge in [0.1, 0.15) is 0 Å². The van der Waals surface area contributed by atoms with E-state index >= 15 is 0 Å². The fraction of sp³-hybridized carbons (Fsp3) is 0.100. The van der Waals surface area contributed by atoms with Crippen LogP contribution in [0.5, 0.6) is 0 Å². The summed E-state index contributed by atoms with van der Waals surface area (Å²) in [5.74, 6) is -2.29. The van der Waals surface area contributed by atoms with E-state index in [-0.39, 0.29) is 23.5 Å². The van der Waals surface area contributed by atoms with Gasteiger partial charge in [0.2, 0.25) is 0 Å². The van der Waals surface area contributed by atoms with E-state index in [1.807, 2.05) is 66.0 Å². The molecule has 0 bridgehead atoms. The van der Waals surface area contributed by atoms with Gasteiger partial charge in [-0.15, -0.1) is 12.4 Å². The van der Waals surface area contributed by atoms with Crippen LogP contribution >= 0.6 is 12.4 Å². The molecule has 2 heterocycles. The van der Waals surface area contributed by atoms with E-state index in [0.29, 0.717) is 12.1 Å². The van der Waals surface area contributed by atoms with Crippen LogP contribution in [0.1, 0.15) is 26.3 Å². The number of allylic oxidation sites excluding steroid dienone is 6. The third-order valence-corrected chi connectivity index (χ3v) is 4.05. The summed E-state index contributed by atoms with van der Waals surface area (Å²) < 4.78 is 0. The maximum absolute atomic E-state index is 11.2. The van der Waals surface area contributed by atoms with E-state index in [0.717, 1.165) is 17.2 Å². The Hall–Kier alpha value is -3.25. The highest BCUT2D eigenvalue weighted by molar-refractivity contribution is 5.94. The van der Waals surface area contributed by atoms with Gasteiger partial charge >= 0.3 is 11.9 Å². The second-order valence-electron chi connectivity index (χ2n) is 6.04. The van der Waals surface area contributed by atoms with Crippen LogP contribution in [0.3, 0.4) is 0 Å². The van der Waals surface area contributed by atoms with Crippen molar-refractivity contribution in [2.45, 2.75) is 6.54 Å². The van der Waals surface area contributed by atoms with E-state index in [1.165, 1.54) is 12.1 Å². The number of carbonyl (C=O) groups is 2. The van der Waals surface area contributed by atoms with Crippen molar-refractivity contribution in [2.24, 2.45) is 0 Å². The molecule has 140 valence electrons. The number of hydrogen-bond acceptors (Lipinski definition) is 4. The van der Waals surface area contributed by atoms with Crippen LogP contribution in [0.25, 0.3) is 0 Å². The smallest absolute Gasteiger partial charge is 0.335 e. The zero-order chi connectivity index (χ0) is 18.7.